The third kappa shape index (κ3) is 3.46. The second-order valence-electron chi connectivity index (χ2n) is 4.03. The highest BCUT2D eigenvalue weighted by Crippen LogP contribution is 2.32. The zero-order valence-corrected chi connectivity index (χ0v) is 11.2. The first-order valence-corrected chi connectivity index (χ1v) is 6.79. The summed E-state index contributed by atoms with van der Waals surface area (Å²) in [6.45, 7) is 0.825. The number of likely N-dealkylation sites (N-methyl/N-ethyl adjacent to an activating group) is 1. The molecule has 0 atom stereocenters. The number of rotatable bonds is 4. The normalized spacial score (nSPS) is 13.0. The Morgan fingerprint density at radius 1 is 1.32 bits per heavy atom. The van der Waals surface area contributed by atoms with Crippen molar-refractivity contribution in [1.29, 1.82) is 0 Å². The molecule has 0 saturated carbocycles. The van der Waals surface area contributed by atoms with Gasteiger partial charge in [0.15, 0.2) is 0 Å². The Morgan fingerprint density at radius 3 is 2.37 bits per heavy atom. The molecule has 19 heavy (non-hydrogen) atoms. The lowest BCUT2D eigenvalue weighted by molar-refractivity contribution is -0.137. The van der Waals surface area contributed by atoms with Crippen molar-refractivity contribution in [3.05, 3.63) is 29.3 Å². The molecule has 0 fully saturated rings. The minimum absolute atomic E-state index is 0.183. The van der Waals surface area contributed by atoms with E-state index in [1.807, 2.05) is 0 Å². The number of hydrogen-bond donors (Lipinski definition) is 1. The highest BCUT2D eigenvalue weighted by molar-refractivity contribution is 7.89. The van der Waals surface area contributed by atoms with Gasteiger partial charge >= 0.3 is 6.18 Å². The van der Waals surface area contributed by atoms with E-state index in [0.29, 0.717) is 6.07 Å². The van der Waals surface area contributed by atoms with Gasteiger partial charge in [0.05, 0.1) is 17.1 Å². The van der Waals surface area contributed by atoms with Crippen LogP contribution in [0.3, 0.4) is 0 Å². The summed E-state index contributed by atoms with van der Waals surface area (Å²) in [5.74, 6) is 0. The van der Waals surface area contributed by atoms with Crippen molar-refractivity contribution in [2.75, 3.05) is 20.2 Å². The van der Waals surface area contributed by atoms with E-state index in [-0.39, 0.29) is 12.1 Å². The number of nitrogens with zero attached hydrogens (tertiary/aromatic N) is 1. The zero-order chi connectivity index (χ0) is 14.8. The number of sulfonamides is 1. The van der Waals surface area contributed by atoms with Gasteiger partial charge in [0.2, 0.25) is 10.0 Å². The first-order chi connectivity index (χ1) is 8.60. The maximum Gasteiger partial charge on any atom is 0.416 e. The third-order valence-corrected chi connectivity index (χ3v) is 4.62. The van der Waals surface area contributed by atoms with Gasteiger partial charge in [0.1, 0.15) is 0 Å². The Balaban J connectivity index is 3.34. The lowest BCUT2D eigenvalue weighted by Gasteiger charge is -2.18. The second kappa shape index (κ2) is 5.48. The van der Waals surface area contributed by atoms with Gasteiger partial charge in [-0.2, -0.15) is 17.5 Å². The molecule has 4 nitrogen and oxygen atoms in total. The van der Waals surface area contributed by atoms with E-state index in [2.05, 4.69) is 0 Å². The monoisotopic (exact) mass is 297 g/mol. The van der Waals surface area contributed by atoms with E-state index < -0.39 is 33.3 Å². The molecule has 0 radical (unpaired) electrons. The predicted molar refractivity (Wildman–Crippen MR) is 63.1 cm³/mol. The fraction of sp³-hybridized carbons (Fsp3) is 0.455. The third-order valence-electron chi connectivity index (χ3n) is 2.62. The minimum atomic E-state index is -4.60. The molecule has 0 aliphatic carbocycles. The van der Waals surface area contributed by atoms with Gasteiger partial charge < -0.3 is 5.11 Å². The molecule has 8 heteroatoms. The molecule has 1 aromatic carbocycles. The first-order valence-electron chi connectivity index (χ1n) is 5.35. The fourth-order valence-electron chi connectivity index (χ4n) is 1.48. The smallest absolute Gasteiger partial charge is 0.395 e. The van der Waals surface area contributed by atoms with Gasteiger partial charge in [-0.25, -0.2) is 8.42 Å². The number of halogens is 3. The average Bonchev–Trinajstić information content (AvgIpc) is 2.28. The van der Waals surface area contributed by atoms with Crippen LogP contribution in [-0.4, -0.2) is 38.0 Å². The number of hydrogen-bond acceptors (Lipinski definition) is 3. The summed E-state index contributed by atoms with van der Waals surface area (Å²) < 4.78 is 62.7. The van der Waals surface area contributed by atoms with E-state index in [0.717, 1.165) is 16.4 Å². The van der Waals surface area contributed by atoms with Crippen LogP contribution < -0.4 is 0 Å². The summed E-state index contributed by atoms with van der Waals surface area (Å²) in [5, 5.41) is 8.71. The van der Waals surface area contributed by atoms with Gasteiger partial charge in [-0.15, -0.1) is 0 Å². The molecule has 0 amide bonds. The van der Waals surface area contributed by atoms with Crippen molar-refractivity contribution < 1.29 is 26.7 Å². The van der Waals surface area contributed by atoms with Crippen molar-refractivity contribution in [3.63, 3.8) is 0 Å². The molecule has 0 heterocycles. The number of aliphatic hydroxyl groups is 1. The standard InChI is InChI=1S/C11H14F3NO3S/c1-8-3-4-9(11(12,13)14)7-10(8)19(17,18)15(2)5-6-16/h3-4,7,16H,5-6H2,1-2H3. The Morgan fingerprint density at radius 2 is 1.89 bits per heavy atom. The van der Waals surface area contributed by atoms with Crippen LogP contribution >= 0.6 is 0 Å². The maximum atomic E-state index is 12.6. The van der Waals surface area contributed by atoms with Crippen LogP contribution in [0.25, 0.3) is 0 Å². The van der Waals surface area contributed by atoms with Gasteiger partial charge in [-0.05, 0) is 24.6 Å². The molecule has 0 spiro atoms. The van der Waals surface area contributed by atoms with E-state index in [1.54, 1.807) is 0 Å². The molecule has 0 aromatic heterocycles. The SMILES string of the molecule is Cc1ccc(C(F)(F)F)cc1S(=O)(=O)N(C)CCO. The molecule has 0 unspecified atom stereocenters. The molecule has 0 aliphatic rings. The summed E-state index contributed by atoms with van der Waals surface area (Å²) in [5.41, 5.74) is -0.799. The summed E-state index contributed by atoms with van der Waals surface area (Å²) in [6, 6.07) is 2.56. The van der Waals surface area contributed by atoms with Crippen molar-refractivity contribution in [1.82, 2.24) is 4.31 Å². The second-order valence-corrected chi connectivity index (χ2v) is 6.04. The molecule has 0 aliphatic heterocycles. The van der Waals surface area contributed by atoms with Crippen LogP contribution in [0.2, 0.25) is 0 Å². The number of alkyl halides is 3. The summed E-state index contributed by atoms with van der Waals surface area (Å²) in [6.07, 6.45) is -4.60. The Hall–Kier alpha value is -1.12. The molecule has 108 valence electrons. The van der Waals surface area contributed by atoms with Gasteiger partial charge in [-0.1, -0.05) is 6.07 Å². The first kappa shape index (κ1) is 15.9. The van der Waals surface area contributed by atoms with Crippen molar-refractivity contribution in [3.8, 4) is 0 Å². The topological polar surface area (TPSA) is 57.6 Å². The summed E-state index contributed by atoms with van der Waals surface area (Å²) >= 11 is 0. The predicted octanol–water partition coefficient (Wildman–Crippen LogP) is 1.63. The van der Waals surface area contributed by atoms with Gasteiger partial charge in [0.25, 0.3) is 0 Å². The molecular weight excluding hydrogens is 283 g/mol. The van der Waals surface area contributed by atoms with E-state index in [1.165, 1.54) is 14.0 Å². The largest absolute Gasteiger partial charge is 0.416 e. The van der Waals surface area contributed by atoms with E-state index >= 15 is 0 Å². The molecule has 1 N–H and O–H groups in total. The zero-order valence-electron chi connectivity index (χ0n) is 10.4. The van der Waals surface area contributed by atoms with Crippen LogP contribution in [0.4, 0.5) is 13.2 Å². The van der Waals surface area contributed by atoms with Crippen LogP contribution in [0.5, 0.6) is 0 Å². The molecule has 0 saturated heterocycles. The van der Waals surface area contributed by atoms with E-state index in [4.69, 9.17) is 5.11 Å². The van der Waals surface area contributed by atoms with E-state index in [9.17, 15) is 21.6 Å². The molecule has 1 rings (SSSR count). The lowest BCUT2D eigenvalue weighted by Crippen LogP contribution is -2.30. The van der Waals surface area contributed by atoms with Gasteiger partial charge in [0, 0.05) is 13.6 Å². The minimum Gasteiger partial charge on any atom is -0.395 e. The Kier molecular flexibility index (Phi) is 4.59. The van der Waals surface area contributed by atoms with Crippen molar-refractivity contribution in [2.45, 2.75) is 18.0 Å². The lowest BCUT2D eigenvalue weighted by atomic mass is 10.1. The van der Waals surface area contributed by atoms with Crippen LogP contribution in [0.1, 0.15) is 11.1 Å². The van der Waals surface area contributed by atoms with Crippen molar-refractivity contribution in [2.24, 2.45) is 0 Å². The quantitative estimate of drug-likeness (QED) is 0.919. The number of aliphatic hydroxyl groups excluding tert-OH is 1. The Labute approximate surface area is 109 Å². The fourth-order valence-corrected chi connectivity index (χ4v) is 2.89. The highest BCUT2D eigenvalue weighted by atomic mass is 32.2. The van der Waals surface area contributed by atoms with Crippen LogP contribution in [-0.2, 0) is 16.2 Å². The molecule has 1 aromatic rings. The maximum absolute atomic E-state index is 12.6. The van der Waals surface area contributed by atoms with Crippen LogP contribution in [0, 0.1) is 6.92 Å². The average molecular weight is 297 g/mol. The summed E-state index contributed by atoms with van der Waals surface area (Å²) in [4.78, 5) is -0.404. The van der Waals surface area contributed by atoms with Gasteiger partial charge in [-0.3, -0.25) is 0 Å². The Bertz CT molecular complexity index is 555. The summed E-state index contributed by atoms with van der Waals surface area (Å²) in [7, 11) is -2.84. The molecular formula is C11H14F3NO3S. The highest BCUT2D eigenvalue weighted by Gasteiger charge is 2.33. The van der Waals surface area contributed by atoms with Crippen molar-refractivity contribution >= 4 is 10.0 Å². The number of benzene rings is 1. The van der Waals surface area contributed by atoms with Crippen LogP contribution in [0.15, 0.2) is 23.1 Å². The molecule has 0 bridgehead atoms. The number of aryl methyl sites for hydroxylation is 1.